The van der Waals surface area contributed by atoms with Crippen LogP contribution in [-0.2, 0) is 4.79 Å². The molecule has 0 aromatic rings. The largest absolute Gasteiger partial charge is 1.00 e. The highest BCUT2D eigenvalue weighted by Crippen LogP contribution is 1.99. The van der Waals surface area contributed by atoms with Crippen molar-refractivity contribution in [2.75, 3.05) is 0 Å². The predicted molar refractivity (Wildman–Crippen MR) is 29.3 cm³/mol. The average Bonchev–Trinajstić information content (AvgIpc) is 1.65. The molecule has 0 amide bonds. The summed E-state index contributed by atoms with van der Waals surface area (Å²) >= 11 is 9.99. The van der Waals surface area contributed by atoms with E-state index in [1.54, 1.807) is 0 Å². The molecule has 2 nitrogen and oxygen atoms in total. The van der Waals surface area contributed by atoms with Crippen LogP contribution < -0.4 is 24.8 Å². The van der Waals surface area contributed by atoms with Crippen molar-refractivity contribution in [3.05, 3.63) is 0 Å². The number of Topliss-reactive ketones (excluding diaryl/α,β-unsaturated/α-hetero) is 1. The highest BCUT2D eigenvalue weighted by Gasteiger charge is 2.05. The Labute approximate surface area is 75.2 Å². The molecule has 0 aromatic heterocycles. The lowest BCUT2D eigenvalue weighted by Gasteiger charge is -1.86. The number of hydrogen-bond donors (Lipinski definition) is 1. The van der Waals surface area contributed by atoms with Gasteiger partial charge in [0, 0.05) is 0 Å². The summed E-state index contributed by atoms with van der Waals surface area (Å²) in [6, 6.07) is 0. The molecule has 0 aliphatic rings. The first kappa shape index (κ1) is 16.2. The topological polar surface area (TPSA) is 40.9 Å². The van der Waals surface area contributed by atoms with Gasteiger partial charge in [0.05, 0.1) is 6.21 Å². The van der Waals surface area contributed by atoms with Crippen molar-refractivity contribution in [1.29, 1.82) is 5.41 Å². The first-order chi connectivity index (χ1) is 3.18. The van der Waals surface area contributed by atoms with Crippen molar-refractivity contribution < 1.29 is 29.6 Å². The van der Waals surface area contributed by atoms with E-state index in [9.17, 15) is 4.79 Å². The summed E-state index contributed by atoms with van der Waals surface area (Å²) < 4.78 is 0. The fourth-order valence-electron chi connectivity index (χ4n) is 0.0630. The third-order valence-corrected chi connectivity index (χ3v) is 0.787. The predicted octanol–water partition coefficient (Wildman–Crippen LogP) is -4.98. The molecule has 0 bridgehead atoms. The first-order valence-corrected chi connectivity index (χ1v) is 2.38. The molecule has 0 saturated heterocycles. The van der Waals surface area contributed by atoms with Gasteiger partial charge in [-0.25, -0.2) is 0 Å². The van der Waals surface area contributed by atoms with Crippen LogP contribution in [-0.4, -0.2) is 16.8 Å². The van der Waals surface area contributed by atoms with Gasteiger partial charge in [-0.3, -0.25) is 4.79 Å². The van der Waals surface area contributed by atoms with E-state index >= 15 is 0 Å². The monoisotopic (exact) mass is 209 g/mol. The summed E-state index contributed by atoms with van der Waals surface area (Å²) in [6.07, 6.45) is 0.588. The quantitative estimate of drug-likeness (QED) is 0.360. The van der Waals surface area contributed by atoms with Crippen molar-refractivity contribution in [1.82, 2.24) is 0 Å². The second-order valence-corrected chi connectivity index (χ2v) is 1.94. The summed E-state index contributed by atoms with van der Waals surface area (Å²) in [5, 5.41) is 6.30. The molecule has 0 atom stereocenters. The number of hydrogen-bond acceptors (Lipinski definition) is 2. The summed E-state index contributed by atoms with van der Waals surface area (Å²) in [5.74, 6) is -0.580. The number of halogens is 4. The van der Waals surface area contributed by atoms with E-state index in [0.29, 0.717) is 6.21 Å². The minimum absolute atomic E-state index is 0. The van der Waals surface area contributed by atoms with E-state index in [4.69, 9.17) is 28.6 Å². The Hall–Kier alpha value is 0.500. The zero-order valence-electron chi connectivity index (χ0n) is 4.07. The number of carbonyl (C=O) groups excluding carboxylic acids is 1. The summed E-state index contributed by atoms with van der Waals surface area (Å²) in [4.78, 5) is 8.93. The normalized spacial score (nSPS) is 7.00. The minimum atomic E-state index is -1.07. The van der Waals surface area contributed by atoms with Gasteiger partial charge >= 0.3 is 0 Å². The SMILES string of the molecule is N=CC(=O)C(Cl)Cl.[Cl-].[Cl-]. The number of rotatable bonds is 2. The fourth-order valence-corrected chi connectivity index (χ4v) is 0.189. The molecular formula is C3H3Cl4NO-2. The molecule has 0 heterocycles. The Kier molecular flexibility index (Phi) is 15.3. The molecule has 0 aliphatic heterocycles. The summed E-state index contributed by atoms with van der Waals surface area (Å²) in [7, 11) is 0. The van der Waals surface area contributed by atoms with Gasteiger partial charge in [-0.15, -0.1) is 0 Å². The van der Waals surface area contributed by atoms with Crippen molar-refractivity contribution in [3.63, 3.8) is 0 Å². The van der Waals surface area contributed by atoms with Crippen LogP contribution in [0.1, 0.15) is 0 Å². The number of nitrogens with one attached hydrogen (secondary N) is 1. The van der Waals surface area contributed by atoms with Crippen LogP contribution in [0.25, 0.3) is 0 Å². The maximum atomic E-state index is 10.0. The van der Waals surface area contributed by atoms with Crippen LogP contribution in [0.4, 0.5) is 0 Å². The third-order valence-electron chi connectivity index (χ3n) is 0.357. The van der Waals surface area contributed by atoms with Crippen LogP contribution in [0.3, 0.4) is 0 Å². The maximum Gasteiger partial charge on any atom is 0.205 e. The fraction of sp³-hybridized carbons (Fsp3) is 0.333. The second kappa shape index (κ2) is 8.50. The van der Waals surface area contributed by atoms with Crippen LogP contribution in [0.5, 0.6) is 0 Å². The number of carbonyl (C=O) groups is 1. The number of ketones is 1. The Morgan fingerprint density at radius 3 is 1.78 bits per heavy atom. The minimum Gasteiger partial charge on any atom is -1.00 e. The summed E-state index contributed by atoms with van der Waals surface area (Å²) in [5.41, 5.74) is 0. The van der Waals surface area contributed by atoms with Gasteiger partial charge < -0.3 is 30.2 Å². The van der Waals surface area contributed by atoms with Gasteiger partial charge in [0.1, 0.15) is 0 Å². The molecule has 0 rings (SSSR count). The van der Waals surface area contributed by atoms with Crippen molar-refractivity contribution >= 4 is 35.2 Å². The lowest BCUT2D eigenvalue weighted by molar-refractivity contribution is -0.111. The van der Waals surface area contributed by atoms with Gasteiger partial charge in [0.15, 0.2) is 4.84 Å². The Bertz CT molecular complexity index is 93.8. The van der Waals surface area contributed by atoms with E-state index in [2.05, 4.69) is 0 Å². The van der Waals surface area contributed by atoms with Crippen LogP contribution >= 0.6 is 23.2 Å². The maximum absolute atomic E-state index is 10.0. The Morgan fingerprint density at radius 1 is 1.44 bits per heavy atom. The zero-order valence-corrected chi connectivity index (χ0v) is 7.10. The van der Waals surface area contributed by atoms with Crippen LogP contribution in [0.2, 0.25) is 0 Å². The van der Waals surface area contributed by atoms with Crippen LogP contribution in [0, 0.1) is 5.41 Å². The first-order valence-electron chi connectivity index (χ1n) is 1.51. The van der Waals surface area contributed by atoms with E-state index in [-0.39, 0.29) is 24.8 Å². The lowest BCUT2D eigenvalue weighted by atomic mass is 10.5. The molecule has 0 saturated carbocycles. The van der Waals surface area contributed by atoms with Gasteiger partial charge in [-0.1, -0.05) is 23.2 Å². The van der Waals surface area contributed by atoms with E-state index < -0.39 is 10.6 Å². The van der Waals surface area contributed by atoms with Crippen molar-refractivity contribution in [2.24, 2.45) is 0 Å². The standard InChI is InChI=1S/C3H3Cl2NO.2ClH/c4-3(5)2(7)1-6;;/h1,3,6H;2*1H/p-2. The average molecular weight is 211 g/mol. The molecule has 0 unspecified atom stereocenters. The lowest BCUT2D eigenvalue weighted by Crippen LogP contribution is -3.00. The van der Waals surface area contributed by atoms with Crippen molar-refractivity contribution in [2.45, 2.75) is 4.84 Å². The van der Waals surface area contributed by atoms with Gasteiger partial charge in [0.2, 0.25) is 5.78 Å². The highest BCUT2D eigenvalue weighted by atomic mass is 35.5. The molecule has 0 aromatic carbocycles. The smallest absolute Gasteiger partial charge is 0.205 e. The zero-order chi connectivity index (χ0) is 5.86. The van der Waals surface area contributed by atoms with Crippen molar-refractivity contribution in [3.8, 4) is 0 Å². The van der Waals surface area contributed by atoms with Crippen LogP contribution in [0.15, 0.2) is 0 Å². The van der Waals surface area contributed by atoms with E-state index in [1.807, 2.05) is 0 Å². The van der Waals surface area contributed by atoms with Gasteiger partial charge in [-0.2, -0.15) is 0 Å². The Balaban J connectivity index is -0.000000180. The molecule has 6 heteroatoms. The molecular weight excluding hydrogens is 208 g/mol. The molecule has 1 N–H and O–H groups in total. The molecule has 0 fully saturated rings. The van der Waals surface area contributed by atoms with Gasteiger partial charge in [0.25, 0.3) is 0 Å². The molecule has 0 aliphatic carbocycles. The number of alkyl halides is 2. The van der Waals surface area contributed by atoms with E-state index in [1.165, 1.54) is 0 Å². The highest BCUT2D eigenvalue weighted by molar-refractivity contribution is 6.60. The Morgan fingerprint density at radius 2 is 1.78 bits per heavy atom. The second-order valence-electron chi connectivity index (χ2n) is 0.847. The molecule has 0 radical (unpaired) electrons. The van der Waals surface area contributed by atoms with E-state index in [0.717, 1.165) is 0 Å². The molecule has 56 valence electrons. The third kappa shape index (κ3) is 8.50. The molecule has 0 spiro atoms. The van der Waals surface area contributed by atoms with Gasteiger partial charge in [-0.05, 0) is 0 Å². The summed E-state index contributed by atoms with van der Waals surface area (Å²) in [6.45, 7) is 0. The molecule has 9 heavy (non-hydrogen) atoms.